The fourth-order valence-electron chi connectivity index (χ4n) is 1.66. The highest BCUT2D eigenvalue weighted by molar-refractivity contribution is 7.90. The second-order valence-electron chi connectivity index (χ2n) is 4.77. The molecule has 21 heavy (non-hydrogen) atoms. The number of aliphatic hydroxyl groups is 1. The minimum Gasteiger partial charge on any atom is -0.478 e. The lowest BCUT2D eigenvalue weighted by Crippen LogP contribution is -2.46. The van der Waals surface area contributed by atoms with Gasteiger partial charge in [-0.3, -0.25) is 4.31 Å². The summed E-state index contributed by atoms with van der Waals surface area (Å²) < 4.78 is 27.3. The highest BCUT2D eigenvalue weighted by atomic mass is 32.2. The molecule has 2 N–H and O–H groups in total. The topological polar surface area (TPSA) is 98.2 Å². The predicted octanol–water partition coefficient (Wildman–Crippen LogP) is 0.768. The summed E-state index contributed by atoms with van der Waals surface area (Å²) in [6.45, 7) is 3.03. The van der Waals surface area contributed by atoms with Gasteiger partial charge in [0.05, 0.1) is 24.4 Å². The van der Waals surface area contributed by atoms with Gasteiger partial charge in [-0.05, 0) is 38.1 Å². The standard InChI is InChI=1S/C13H20N2O5S/c1-10(2)14(3)21(19,20)15(8-9-16)12-6-4-11(5-7-12)13(17)18/h4-7,10,16H,8-9H2,1-3H3,(H,17,18). The van der Waals surface area contributed by atoms with Gasteiger partial charge in [-0.15, -0.1) is 0 Å². The predicted molar refractivity (Wildman–Crippen MR) is 79.7 cm³/mol. The van der Waals surface area contributed by atoms with Gasteiger partial charge in [-0.25, -0.2) is 4.79 Å². The molecule has 1 rings (SSSR count). The van der Waals surface area contributed by atoms with Crippen LogP contribution >= 0.6 is 0 Å². The van der Waals surface area contributed by atoms with Crippen molar-refractivity contribution in [3.05, 3.63) is 29.8 Å². The molecule has 1 aromatic carbocycles. The number of carboxylic acids is 1. The average Bonchev–Trinajstić information content (AvgIpc) is 2.43. The molecule has 7 nitrogen and oxygen atoms in total. The summed E-state index contributed by atoms with van der Waals surface area (Å²) >= 11 is 0. The third-order valence-corrected chi connectivity index (χ3v) is 5.17. The SMILES string of the molecule is CC(C)N(C)S(=O)(=O)N(CCO)c1ccc(C(=O)O)cc1. The van der Waals surface area contributed by atoms with Crippen molar-refractivity contribution in [2.24, 2.45) is 0 Å². The van der Waals surface area contributed by atoms with Crippen molar-refractivity contribution in [3.8, 4) is 0 Å². The van der Waals surface area contributed by atoms with Crippen LogP contribution in [0.5, 0.6) is 0 Å². The maximum Gasteiger partial charge on any atom is 0.335 e. The van der Waals surface area contributed by atoms with E-state index in [0.717, 1.165) is 4.31 Å². The first-order valence-electron chi connectivity index (χ1n) is 6.41. The van der Waals surface area contributed by atoms with E-state index in [2.05, 4.69) is 0 Å². The van der Waals surface area contributed by atoms with Crippen molar-refractivity contribution in [2.75, 3.05) is 24.5 Å². The van der Waals surface area contributed by atoms with Gasteiger partial charge >= 0.3 is 16.2 Å². The monoisotopic (exact) mass is 316 g/mol. The van der Waals surface area contributed by atoms with Crippen LogP contribution in [-0.2, 0) is 10.2 Å². The zero-order valence-corrected chi connectivity index (χ0v) is 13.0. The normalized spacial score (nSPS) is 11.9. The summed E-state index contributed by atoms with van der Waals surface area (Å²) in [6, 6.07) is 5.23. The summed E-state index contributed by atoms with van der Waals surface area (Å²) in [7, 11) is -2.34. The minimum absolute atomic E-state index is 0.0670. The molecule has 1 aromatic rings. The fourth-order valence-corrected chi connectivity index (χ4v) is 3.20. The Labute approximate surface area is 124 Å². The third kappa shape index (κ3) is 3.93. The highest BCUT2D eigenvalue weighted by Gasteiger charge is 2.28. The smallest absolute Gasteiger partial charge is 0.335 e. The van der Waals surface area contributed by atoms with E-state index in [1.807, 2.05) is 0 Å². The quantitative estimate of drug-likeness (QED) is 0.774. The highest BCUT2D eigenvalue weighted by Crippen LogP contribution is 2.21. The first kappa shape index (κ1) is 17.4. The van der Waals surface area contributed by atoms with Crippen molar-refractivity contribution in [2.45, 2.75) is 19.9 Å². The van der Waals surface area contributed by atoms with Gasteiger partial charge in [-0.1, -0.05) is 0 Å². The molecule has 8 heteroatoms. The van der Waals surface area contributed by atoms with Crippen molar-refractivity contribution < 1.29 is 23.4 Å². The molecule has 0 aliphatic rings. The number of hydrogen-bond acceptors (Lipinski definition) is 4. The van der Waals surface area contributed by atoms with Gasteiger partial charge in [0.25, 0.3) is 0 Å². The summed E-state index contributed by atoms with van der Waals surface area (Å²) in [6.07, 6.45) is 0. The Morgan fingerprint density at radius 3 is 2.14 bits per heavy atom. The molecule has 0 saturated carbocycles. The summed E-state index contributed by atoms with van der Waals surface area (Å²) in [5.74, 6) is -1.09. The molecule has 0 unspecified atom stereocenters. The van der Waals surface area contributed by atoms with E-state index < -0.39 is 16.2 Å². The number of aromatic carboxylic acids is 1. The molecule has 0 radical (unpaired) electrons. The Kier molecular flexibility index (Phi) is 5.70. The van der Waals surface area contributed by atoms with Gasteiger partial charge < -0.3 is 10.2 Å². The molecule has 0 aliphatic carbocycles. The molecule has 0 saturated heterocycles. The number of rotatable bonds is 7. The zero-order valence-electron chi connectivity index (χ0n) is 12.2. The maximum atomic E-state index is 12.5. The van der Waals surface area contributed by atoms with Crippen LogP contribution in [0.1, 0.15) is 24.2 Å². The molecule has 0 atom stereocenters. The van der Waals surface area contributed by atoms with Crippen molar-refractivity contribution in [1.82, 2.24) is 4.31 Å². The number of carbonyl (C=O) groups is 1. The van der Waals surface area contributed by atoms with E-state index in [0.29, 0.717) is 5.69 Å². The molecule has 0 fully saturated rings. The first-order valence-corrected chi connectivity index (χ1v) is 7.81. The summed E-state index contributed by atoms with van der Waals surface area (Å²) in [5.41, 5.74) is 0.374. The molecular weight excluding hydrogens is 296 g/mol. The van der Waals surface area contributed by atoms with Crippen LogP contribution in [0.25, 0.3) is 0 Å². The van der Waals surface area contributed by atoms with E-state index in [-0.39, 0.29) is 24.8 Å². The molecule has 0 aliphatic heterocycles. The lowest BCUT2D eigenvalue weighted by Gasteiger charge is -2.30. The van der Waals surface area contributed by atoms with E-state index in [4.69, 9.17) is 10.2 Å². The Balaban J connectivity index is 3.20. The van der Waals surface area contributed by atoms with Gasteiger partial charge in [0.2, 0.25) is 0 Å². The van der Waals surface area contributed by atoms with Gasteiger partial charge in [0.15, 0.2) is 0 Å². The largest absolute Gasteiger partial charge is 0.478 e. The zero-order chi connectivity index (χ0) is 16.2. The van der Waals surface area contributed by atoms with Crippen molar-refractivity contribution in [1.29, 1.82) is 0 Å². The minimum atomic E-state index is -3.79. The van der Waals surface area contributed by atoms with Gasteiger partial charge in [0, 0.05) is 13.1 Å². The average molecular weight is 316 g/mol. The van der Waals surface area contributed by atoms with Crippen molar-refractivity contribution >= 4 is 21.9 Å². The molecule has 0 aromatic heterocycles. The lowest BCUT2D eigenvalue weighted by atomic mass is 10.2. The van der Waals surface area contributed by atoms with E-state index in [1.165, 1.54) is 35.6 Å². The number of nitrogens with zero attached hydrogens (tertiary/aromatic N) is 2. The van der Waals surface area contributed by atoms with E-state index >= 15 is 0 Å². The molecule has 0 amide bonds. The van der Waals surface area contributed by atoms with Crippen LogP contribution in [0.4, 0.5) is 5.69 Å². The van der Waals surface area contributed by atoms with Crippen LogP contribution in [0, 0.1) is 0 Å². The fraction of sp³-hybridized carbons (Fsp3) is 0.462. The van der Waals surface area contributed by atoms with E-state index in [1.54, 1.807) is 13.8 Å². The van der Waals surface area contributed by atoms with Gasteiger partial charge in [0.1, 0.15) is 0 Å². The first-order chi connectivity index (χ1) is 9.71. The second-order valence-corrected chi connectivity index (χ2v) is 6.68. The van der Waals surface area contributed by atoms with Crippen molar-refractivity contribution in [3.63, 3.8) is 0 Å². The van der Waals surface area contributed by atoms with Crippen LogP contribution in [0.15, 0.2) is 24.3 Å². The van der Waals surface area contributed by atoms with Gasteiger partial charge in [-0.2, -0.15) is 12.7 Å². The van der Waals surface area contributed by atoms with Crippen LogP contribution in [0.2, 0.25) is 0 Å². The lowest BCUT2D eigenvalue weighted by molar-refractivity contribution is 0.0697. The number of aliphatic hydroxyl groups excluding tert-OH is 1. The molecule has 0 heterocycles. The Morgan fingerprint density at radius 2 is 1.76 bits per heavy atom. The number of benzene rings is 1. The number of hydrogen-bond donors (Lipinski definition) is 2. The van der Waals surface area contributed by atoms with E-state index in [9.17, 15) is 13.2 Å². The molecular formula is C13H20N2O5S. The summed E-state index contributed by atoms with van der Waals surface area (Å²) in [4.78, 5) is 10.8. The molecule has 0 spiro atoms. The third-order valence-electron chi connectivity index (χ3n) is 3.07. The molecule has 118 valence electrons. The van der Waals surface area contributed by atoms with Crippen LogP contribution < -0.4 is 4.31 Å². The van der Waals surface area contributed by atoms with Crippen LogP contribution in [-0.4, -0.2) is 55.1 Å². The Bertz CT molecular complexity index is 583. The number of anilines is 1. The summed E-state index contributed by atoms with van der Waals surface area (Å²) in [5, 5.41) is 18.0. The number of carboxylic acid groups (broad SMARTS) is 1. The Morgan fingerprint density at radius 1 is 1.24 bits per heavy atom. The Hall–Kier alpha value is -1.64. The van der Waals surface area contributed by atoms with Crippen LogP contribution in [0.3, 0.4) is 0 Å². The maximum absolute atomic E-state index is 12.5. The molecule has 0 bridgehead atoms. The second kappa shape index (κ2) is 6.88.